The summed E-state index contributed by atoms with van der Waals surface area (Å²) in [5.74, 6) is -0.226. The van der Waals surface area contributed by atoms with Crippen LogP contribution in [0.1, 0.15) is 232 Å². The van der Waals surface area contributed by atoms with E-state index in [9.17, 15) is 38.2 Å². The van der Waals surface area contributed by atoms with Gasteiger partial charge in [0, 0.05) is 6.42 Å². The fourth-order valence-corrected chi connectivity index (χ4v) is 8.62. The molecule has 1 aliphatic heterocycles. The van der Waals surface area contributed by atoms with Crippen molar-refractivity contribution >= 4 is 16.3 Å². The highest BCUT2D eigenvalue weighted by molar-refractivity contribution is 7.80. The smallest absolute Gasteiger partial charge is 0.394 e. The summed E-state index contributed by atoms with van der Waals surface area (Å²) in [6, 6.07) is -0.850. The Morgan fingerprint density at radius 3 is 1.36 bits per heavy atom. The second-order valence-electron chi connectivity index (χ2n) is 17.4. The number of aliphatic hydroxyl groups is 4. The van der Waals surface area contributed by atoms with Crippen molar-refractivity contribution < 1.29 is 51.8 Å². The lowest BCUT2D eigenvalue weighted by Crippen LogP contribution is -2.61. The number of amides is 1. The zero-order valence-electron chi connectivity index (χ0n) is 37.6. The van der Waals surface area contributed by atoms with Gasteiger partial charge in [0.25, 0.3) is 0 Å². The maximum atomic E-state index is 13.0. The number of carbonyl (C=O) groups excluding carboxylic acids is 1. The van der Waals surface area contributed by atoms with Gasteiger partial charge in [-0.15, -0.1) is 0 Å². The Hall–Kier alpha value is -0.900. The minimum Gasteiger partial charge on any atom is -0.394 e. The molecule has 6 N–H and O–H groups in total. The zero-order chi connectivity index (χ0) is 43.4. The number of unbranched alkanes of at least 4 members (excludes halogenated alkanes) is 30. The predicted molar refractivity (Wildman–Crippen MR) is 236 cm³/mol. The quantitative estimate of drug-likeness (QED) is 0.0253. The van der Waals surface area contributed by atoms with Gasteiger partial charge in [-0.1, -0.05) is 213 Å². The number of aliphatic hydroxyl groups excluding tert-OH is 4. The molecule has 1 aliphatic rings. The van der Waals surface area contributed by atoms with E-state index >= 15 is 0 Å². The molecular formula is C46H91NO11S. The van der Waals surface area contributed by atoms with Crippen molar-refractivity contribution in [1.82, 2.24) is 5.32 Å². The van der Waals surface area contributed by atoms with Crippen LogP contribution in [0.5, 0.6) is 0 Å². The molecule has 352 valence electrons. The van der Waals surface area contributed by atoms with Crippen LogP contribution in [0.2, 0.25) is 0 Å². The highest BCUT2D eigenvalue weighted by Crippen LogP contribution is 2.26. The third-order valence-corrected chi connectivity index (χ3v) is 12.4. The highest BCUT2D eigenvalue weighted by atomic mass is 32.3. The summed E-state index contributed by atoms with van der Waals surface area (Å²) in [4.78, 5) is 13.0. The molecule has 1 amide bonds. The van der Waals surface area contributed by atoms with Crippen LogP contribution in [-0.4, -0.2) is 95.4 Å². The minimum atomic E-state index is -5.07. The lowest BCUT2D eigenvalue weighted by atomic mass is 9.99. The van der Waals surface area contributed by atoms with Gasteiger partial charge in [-0.05, 0) is 12.8 Å². The lowest BCUT2D eigenvalue weighted by Gasteiger charge is -2.41. The molecule has 0 bridgehead atoms. The van der Waals surface area contributed by atoms with E-state index < -0.39 is 59.9 Å². The number of nitrogens with one attached hydrogen (secondary N) is 1. The lowest BCUT2D eigenvalue weighted by molar-refractivity contribution is -0.298. The number of hydrogen-bond donors (Lipinski definition) is 6. The van der Waals surface area contributed by atoms with E-state index in [1.807, 2.05) is 0 Å². The molecule has 0 radical (unpaired) electrons. The van der Waals surface area contributed by atoms with Gasteiger partial charge in [-0.2, -0.15) is 8.42 Å². The van der Waals surface area contributed by atoms with Crippen molar-refractivity contribution in [2.45, 2.75) is 275 Å². The third-order valence-electron chi connectivity index (χ3n) is 11.9. The van der Waals surface area contributed by atoms with E-state index in [1.54, 1.807) is 0 Å². The summed E-state index contributed by atoms with van der Waals surface area (Å²) in [5.41, 5.74) is 0. The molecular weight excluding hydrogens is 775 g/mol. The average molecular weight is 866 g/mol. The maximum Gasteiger partial charge on any atom is 0.397 e. The van der Waals surface area contributed by atoms with E-state index in [4.69, 9.17) is 9.47 Å². The molecule has 0 aromatic carbocycles. The molecule has 13 heteroatoms. The first kappa shape index (κ1) is 56.1. The fourth-order valence-electron chi connectivity index (χ4n) is 8.11. The molecule has 1 heterocycles. The van der Waals surface area contributed by atoms with E-state index in [2.05, 4.69) is 23.3 Å². The molecule has 0 aliphatic carbocycles. The largest absolute Gasteiger partial charge is 0.397 e. The van der Waals surface area contributed by atoms with E-state index in [-0.39, 0.29) is 12.5 Å². The van der Waals surface area contributed by atoms with Gasteiger partial charge in [0.1, 0.15) is 24.4 Å². The first-order valence-corrected chi connectivity index (χ1v) is 25.8. The molecule has 1 rings (SSSR count). The van der Waals surface area contributed by atoms with E-state index in [0.29, 0.717) is 12.8 Å². The first-order valence-electron chi connectivity index (χ1n) is 24.4. The van der Waals surface area contributed by atoms with Crippen LogP contribution in [0.3, 0.4) is 0 Å². The second-order valence-corrected chi connectivity index (χ2v) is 18.5. The molecule has 0 saturated carbocycles. The Morgan fingerprint density at radius 2 is 0.983 bits per heavy atom. The molecule has 0 aromatic rings. The molecule has 1 saturated heterocycles. The van der Waals surface area contributed by atoms with Crippen molar-refractivity contribution in [1.29, 1.82) is 0 Å². The van der Waals surface area contributed by atoms with Gasteiger partial charge in [0.15, 0.2) is 6.29 Å². The molecule has 0 spiro atoms. The number of carbonyl (C=O) groups is 1. The number of ether oxygens (including phenoxy) is 2. The highest BCUT2D eigenvalue weighted by Gasteiger charge is 2.48. The monoisotopic (exact) mass is 866 g/mol. The summed E-state index contributed by atoms with van der Waals surface area (Å²) in [6.45, 7) is 3.45. The van der Waals surface area contributed by atoms with Crippen LogP contribution in [0, 0.1) is 0 Å². The summed E-state index contributed by atoms with van der Waals surface area (Å²) in [7, 11) is -5.07. The van der Waals surface area contributed by atoms with Crippen LogP contribution in [0.25, 0.3) is 0 Å². The summed E-state index contributed by atoms with van der Waals surface area (Å²) in [6.07, 6.45) is 31.1. The van der Waals surface area contributed by atoms with Gasteiger partial charge in [-0.3, -0.25) is 9.35 Å². The number of rotatable bonds is 42. The first-order chi connectivity index (χ1) is 28.5. The van der Waals surface area contributed by atoms with Crippen molar-refractivity contribution in [3.8, 4) is 0 Å². The maximum absolute atomic E-state index is 13.0. The Labute approximate surface area is 360 Å². The second kappa shape index (κ2) is 37.6. The van der Waals surface area contributed by atoms with Crippen molar-refractivity contribution in [2.24, 2.45) is 0 Å². The molecule has 12 nitrogen and oxygen atoms in total. The van der Waals surface area contributed by atoms with Crippen LogP contribution < -0.4 is 5.32 Å². The van der Waals surface area contributed by atoms with Gasteiger partial charge < -0.3 is 35.2 Å². The standard InChI is InChI=1S/C46H91NO11S/c1-3-5-7-9-11-13-15-16-17-18-19-20-21-22-23-24-26-28-30-32-34-36-42(50)47-39(40(49)35-33-31-29-27-25-14-12-10-8-6-4-2)38-56-46-44(52)45(58-59(53,54)55)43(51)41(37-48)57-46/h39-41,43-46,48-49,51-52H,3-38H2,1-2H3,(H,47,50)(H,53,54,55). The fraction of sp³-hybridized carbons (Fsp3) is 0.978. The summed E-state index contributed by atoms with van der Waals surface area (Å²) >= 11 is 0. The Kier molecular flexibility index (Phi) is 35.8. The predicted octanol–water partition coefficient (Wildman–Crippen LogP) is 9.78. The summed E-state index contributed by atoms with van der Waals surface area (Å²) < 4.78 is 47.6. The zero-order valence-corrected chi connectivity index (χ0v) is 38.4. The van der Waals surface area contributed by atoms with Crippen LogP contribution in [0.4, 0.5) is 0 Å². The Balaban J connectivity index is 2.39. The minimum absolute atomic E-state index is 0.226. The van der Waals surface area contributed by atoms with Crippen molar-refractivity contribution in [3.05, 3.63) is 0 Å². The third kappa shape index (κ3) is 30.7. The van der Waals surface area contributed by atoms with Gasteiger partial charge in [0.2, 0.25) is 5.91 Å². The average Bonchev–Trinajstić information content (AvgIpc) is 3.20. The van der Waals surface area contributed by atoms with E-state index in [0.717, 1.165) is 51.4 Å². The van der Waals surface area contributed by atoms with Crippen LogP contribution in [-0.2, 0) is 28.9 Å². The normalized spacial score (nSPS) is 20.8. The van der Waals surface area contributed by atoms with Gasteiger partial charge >= 0.3 is 10.4 Å². The molecule has 7 atom stereocenters. The molecule has 0 aromatic heterocycles. The number of hydrogen-bond acceptors (Lipinski definition) is 10. The molecule has 7 unspecified atom stereocenters. The summed E-state index contributed by atoms with van der Waals surface area (Å²) in [5, 5.41) is 44.8. The van der Waals surface area contributed by atoms with Gasteiger partial charge in [-0.25, -0.2) is 4.18 Å². The Bertz CT molecular complexity index is 1070. The Morgan fingerprint density at radius 1 is 0.610 bits per heavy atom. The SMILES string of the molecule is CCCCCCCCCCCCCCCCCCCCCCCC(=O)NC(COC1OC(CO)C(O)C(OS(=O)(=O)O)C1O)C(O)CCCCCCCCCCCCC. The van der Waals surface area contributed by atoms with Crippen LogP contribution >= 0.6 is 0 Å². The van der Waals surface area contributed by atoms with Crippen molar-refractivity contribution in [2.75, 3.05) is 13.2 Å². The van der Waals surface area contributed by atoms with Crippen molar-refractivity contribution in [3.63, 3.8) is 0 Å². The molecule has 1 fully saturated rings. The van der Waals surface area contributed by atoms with E-state index in [1.165, 1.54) is 154 Å². The topological polar surface area (TPSA) is 192 Å². The van der Waals surface area contributed by atoms with Crippen LogP contribution in [0.15, 0.2) is 0 Å². The van der Waals surface area contributed by atoms with Gasteiger partial charge in [0.05, 0.1) is 25.4 Å². The molecule has 59 heavy (non-hydrogen) atoms.